The minimum atomic E-state index is 0.273. The van der Waals surface area contributed by atoms with Crippen molar-refractivity contribution < 1.29 is 4.79 Å². The first-order chi connectivity index (χ1) is 9.15. The molecule has 19 heavy (non-hydrogen) atoms. The van der Waals surface area contributed by atoms with Crippen LogP contribution in [0.4, 0.5) is 0 Å². The number of hydrogen-bond donors (Lipinski definition) is 1. The number of carbonyl (C=O) groups excluding carboxylic acids is 1. The van der Waals surface area contributed by atoms with Crippen LogP contribution in [-0.4, -0.2) is 36.5 Å². The third-order valence-electron chi connectivity index (χ3n) is 4.89. The Kier molecular flexibility index (Phi) is 5.68. The molecule has 1 saturated heterocycles. The summed E-state index contributed by atoms with van der Waals surface area (Å²) < 4.78 is 0. The molecular formula is C16H30N2O. The van der Waals surface area contributed by atoms with E-state index >= 15 is 0 Å². The number of nitrogens with zero attached hydrogens (tertiary/aromatic N) is 1. The van der Waals surface area contributed by atoms with Crippen LogP contribution in [0.25, 0.3) is 0 Å². The summed E-state index contributed by atoms with van der Waals surface area (Å²) in [6.07, 6.45) is 8.53. The smallest absolute Gasteiger partial charge is 0.220 e. The second kappa shape index (κ2) is 7.28. The molecule has 0 unspecified atom stereocenters. The van der Waals surface area contributed by atoms with E-state index < -0.39 is 0 Å². The van der Waals surface area contributed by atoms with Crippen LogP contribution in [0.2, 0.25) is 0 Å². The first-order valence-electron chi connectivity index (χ1n) is 8.16. The van der Waals surface area contributed by atoms with E-state index in [1.807, 2.05) is 0 Å². The first kappa shape index (κ1) is 14.8. The SMILES string of the molecule is CC(C)N1CC[C@@H](CNC(=O)CCC2CCCC2)C1. The molecule has 110 valence electrons. The molecule has 0 bridgehead atoms. The summed E-state index contributed by atoms with van der Waals surface area (Å²) in [5.74, 6) is 1.77. The van der Waals surface area contributed by atoms with Gasteiger partial charge in [0.15, 0.2) is 0 Å². The van der Waals surface area contributed by atoms with Gasteiger partial charge in [0.05, 0.1) is 0 Å². The zero-order valence-electron chi connectivity index (χ0n) is 12.7. The van der Waals surface area contributed by atoms with Gasteiger partial charge in [-0.1, -0.05) is 25.7 Å². The standard InChI is InChI=1S/C16H30N2O/c1-13(2)18-10-9-15(12-18)11-17-16(19)8-7-14-5-3-4-6-14/h13-15H,3-12H2,1-2H3,(H,17,19)/t15-/m0/s1. The molecule has 1 atom stereocenters. The number of hydrogen-bond acceptors (Lipinski definition) is 2. The van der Waals surface area contributed by atoms with Gasteiger partial charge < -0.3 is 10.2 Å². The molecule has 1 N–H and O–H groups in total. The highest BCUT2D eigenvalue weighted by molar-refractivity contribution is 5.75. The zero-order chi connectivity index (χ0) is 13.7. The van der Waals surface area contributed by atoms with Gasteiger partial charge in [-0.2, -0.15) is 0 Å². The Balaban J connectivity index is 1.56. The summed E-state index contributed by atoms with van der Waals surface area (Å²) in [5, 5.41) is 3.14. The average molecular weight is 266 g/mol. The van der Waals surface area contributed by atoms with Gasteiger partial charge in [-0.05, 0) is 45.1 Å². The number of rotatable bonds is 6. The Morgan fingerprint density at radius 3 is 2.58 bits per heavy atom. The molecule has 0 radical (unpaired) electrons. The second-order valence-electron chi connectivity index (χ2n) is 6.74. The maximum atomic E-state index is 11.8. The van der Waals surface area contributed by atoms with Gasteiger partial charge in [0.2, 0.25) is 5.91 Å². The third-order valence-corrected chi connectivity index (χ3v) is 4.89. The monoisotopic (exact) mass is 266 g/mol. The van der Waals surface area contributed by atoms with Crippen molar-refractivity contribution in [1.29, 1.82) is 0 Å². The normalized spacial score (nSPS) is 25.3. The van der Waals surface area contributed by atoms with Crippen molar-refractivity contribution in [2.75, 3.05) is 19.6 Å². The van der Waals surface area contributed by atoms with Crippen LogP contribution in [0.5, 0.6) is 0 Å². The Morgan fingerprint density at radius 2 is 1.95 bits per heavy atom. The van der Waals surface area contributed by atoms with Crippen LogP contribution in [0.1, 0.15) is 58.8 Å². The van der Waals surface area contributed by atoms with E-state index in [0.717, 1.165) is 31.8 Å². The molecule has 3 nitrogen and oxygen atoms in total. The van der Waals surface area contributed by atoms with Gasteiger partial charge in [0.25, 0.3) is 0 Å². The summed E-state index contributed by atoms with van der Waals surface area (Å²) in [6, 6.07) is 0.642. The maximum absolute atomic E-state index is 11.8. The van der Waals surface area contributed by atoms with Crippen LogP contribution in [0.15, 0.2) is 0 Å². The van der Waals surface area contributed by atoms with Crippen molar-refractivity contribution in [2.45, 2.75) is 64.8 Å². The molecule has 0 spiro atoms. The molecule has 1 saturated carbocycles. The van der Waals surface area contributed by atoms with E-state index in [1.165, 1.54) is 38.6 Å². The van der Waals surface area contributed by atoms with Crippen LogP contribution >= 0.6 is 0 Å². The lowest BCUT2D eigenvalue weighted by atomic mass is 10.0. The fourth-order valence-electron chi connectivity index (χ4n) is 3.48. The van der Waals surface area contributed by atoms with Crippen molar-refractivity contribution in [3.05, 3.63) is 0 Å². The summed E-state index contributed by atoms with van der Waals surface area (Å²) in [6.45, 7) is 7.73. The molecule has 2 aliphatic rings. The fraction of sp³-hybridized carbons (Fsp3) is 0.938. The quantitative estimate of drug-likeness (QED) is 0.802. The minimum absolute atomic E-state index is 0.273. The van der Waals surface area contributed by atoms with E-state index in [1.54, 1.807) is 0 Å². The van der Waals surface area contributed by atoms with Gasteiger partial charge in [-0.25, -0.2) is 0 Å². The van der Waals surface area contributed by atoms with Gasteiger partial charge >= 0.3 is 0 Å². The van der Waals surface area contributed by atoms with Crippen molar-refractivity contribution in [1.82, 2.24) is 10.2 Å². The highest BCUT2D eigenvalue weighted by Crippen LogP contribution is 2.28. The van der Waals surface area contributed by atoms with Crippen molar-refractivity contribution >= 4 is 5.91 Å². The molecule has 0 aromatic carbocycles. The van der Waals surface area contributed by atoms with Crippen molar-refractivity contribution in [3.8, 4) is 0 Å². The predicted molar refractivity (Wildman–Crippen MR) is 79.0 cm³/mol. The van der Waals surface area contributed by atoms with Crippen LogP contribution < -0.4 is 5.32 Å². The minimum Gasteiger partial charge on any atom is -0.356 e. The Hall–Kier alpha value is -0.570. The largest absolute Gasteiger partial charge is 0.356 e. The summed E-state index contributed by atoms with van der Waals surface area (Å²) in [5.41, 5.74) is 0. The topological polar surface area (TPSA) is 32.3 Å². The first-order valence-corrected chi connectivity index (χ1v) is 8.16. The highest BCUT2D eigenvalue weighted by atomic mass is 16.1. The van der Waals surface area contributed by atoms with E-state index in [2.05, 4.69) is 24.1 Å². The van der Waals surface area contributed by atoms with Crippen LogP contribution in [-0.2, 0) is 4.79 Å². The number of nitrogens with one attached hydrogen (secondary N) is 1. The molecular weight excluding hydrogens is 236 g/mol. The lowest BCUT2D eigenvalue weighted by Gasteiger charge is -2.20. The van der Waals surface area contributed by atoms with Gasteiger partial charge in [0, 0.05) is 25.6 Å². The van der Waals surface area contributed by atoms with E-state index in [-0.39, 0.29) is 5.91 Å². The van der Waals surface area contributed by atoms with E-state index in [0.29, 0.717) is 12.0 Å². The van der Waals surface area contributed by atoms with Gasteiger partial charge in [-0.3, -0.25) is 4.79 Å². The highest BCUT2D eigenvalue weighted by Gasteiger charge is 2.24. The molecule has 0 aromatic heterocycles. The molecule has 1 heterocycles. The molecule has 1 aliphatic carbocycles. The lowest BCUT2D eigenvalue weighted by Crippen LogP contribution is -2.33. The molecule has 0 aromatic rings. The average Bonchev–Trinajstić information content (AvgIpc) is 3.05. The van der Waals surface area contributed by atoms with Gasteiger partial charge in [-0.15, -0.1) is 0 Å². The van der Waals surface area contributed by atoms with Crippen molar-refractivity contribution in [3.63, 3.8) is 0 Å². The zero-order valence-corrected chi connectivity index (χ0v) is 12.7. The molecule has 3 heteroatoms. The molecule has 1 aliphatic heterocycles. The predicted octanol–water partition coefficient (Wildman–Crippen LogP) is 2.80. The molecule has 2 rings (SSSR count). The Labute approximate surface area is 118 Å². The fourth-order valence-corrected chi connectivity index (χ4v) is 3.48. The van der Waals surface area contributed by atoms with E-state index in [9.17, 15) is 4.79 Å². The van der Waals surface area contributed by atoms with Crippen LogP contribution in [0, 0.1) is 11.8 Å². The summed E-state index contributed by atoms with van der Waals surface area (Å²) >= 11 is 0. The van der Waals surface area contributed by atoms with Gasteiger partial charge in [0.1, 0.15) is 0 Å². The summed E-state index contributed by atoms with van der Waals surface area (Å²) in [4.78, 5) is 14.4. The lowest BCUT2D eigenvalue weighted by molar-refractivity contribution is -0.121. The molecule has 1 amide bonds. The van der Waals surface area contributed by atoms with Crippen LogP contribution in [0.3, 0.4) is 0 Å². The van der Waals surface area contributed by atoms with Crippen molar-refractivity contribution in [2.24, 2.45) is 11.8 Å². The Bertz CT molecular complexity index is 284. The molecule has 2 fully saturated rings. The number of amides is 1. The number of likely N-dealkylation sites (tertiary alicyclic amines) is 1. The Morgan fingerprint density at radius 1 is 1.21 bits per heavy atom. The van der Waals surface area contributed by atoms with E-state index in [4.69, 9.17) is 0 Å². The third kappa shape index (κ3) is 4.79. The summed E-state index contributed by atoms with van der Waals surface area (Å²) in [7, 11) is 0. The number of carbonyl (C=O) groups is 1. The maximum Gasteiger partial charge on any atom is 0.220 e. The second-order valence-corrected chi connectivity index (χ2v) is 6.74.